The van der Waals surface area contributed by atoms with Gasteiger partial charge in [0.05, 0.1) is 6.10 Å². The van der Waals surface area contributed by atoms with Gasteiger partial charge in [0.2, 0.25) is 0 Å². The van der Waals surface area contributed by atoms with Crippen LogP contribution in [0.5, 0.6) is 0 Å². The summed E-state index contributed by atoms with van der Waals surface area (Å²) in [7, 11) is 3.90. The average Bonchev–Trinajstić information content (AvgIpc) is 2.50. The third kappa shape index (κ3) is 3.85. The number of nitrogens with zero attached hydrogens (tertiary/aromatic N) is 1. The lowest BCUT2D eigenvalue weighted by Gasteiger charge is -2.42. The third-order valence-corrected chi connectivity index (χ3v) is 5.03. The van der Waals surface area contributed by atoms with E-state index < -0.39 is 0 Å². The van der Waals surface area contributed by atoms with Crippen LogP contribution in [0.2, 0.25) is 0 Å². The van der Waals surface area contributed by atoms with Crippen molar-refractivity contribution in [3.8, 4) is 0 Å². The Labute approximate surface area is 129 Å². The number of methoxy groups -OCH3 is 1. The van der Waals surface area contributed by atoms with Crippen LogP contribution in [0.4, 0.5) is 0 Å². The Hall–Kier alpha value is -0.900. The summed E-state index contributed by atoms with van der Waals surface area (Å²) in [5.74, 6) is 0.658. The second kappa shape index (κ2) is 7.39. The molecule has 1 heterocycles. The first-order valence-electron chi connectivity index (χ1n) is 8.07. The number of aryl methyl sites for hydroxylation is 1. The molecule has 1 fully saturated rings. The molecule has 1 aromatic carbocycles. The van der Waals surface area contributed by atoms with E-state index >= 15 is 0 Å². The van der Waals surface area contributed by atoms with Crippen molar-refractivity contribution in [3.63, 3.8) is 0 Å². The van der Waals surface area contributed by atoms with Gasteiger partial charge < -0.3 is 10.1 Å². The zero-order valence-electron chi connectivity index (χ0n) is 14.1. The number of rotatable bonds is 5. The van der Waals surface area contributed by atoms with Gasteiger partial charge in [0.1, 0.15) is 0 Å². The number of ether oxygens (including phenoxy) is 1. The molecule has 0 aromatic heterocycles. The van der Waals surface area contributed by atoms with Crippen LogP contribution >= 0.6 is 0 Å². The summed E-state index contributed by atoms with van der Waals surface area (Å²) in [5.41, 5.74) is 2.68. The molecule has 1 N–H and O–H groups in total. The fraction of sp³-hybridized carbons (Fsp3) is 0.667. The Morgan fingerprint density at radius 2 is 1.95 bits per heavy atom. The topological polar surface area (TPSA) is 24.5 Å². The van der Waals surface area contributed by atoms with E-state index in [4.69, 9.17) is 4.74 Å². The van der Waals surface area contributed by atoms with Crippen molar-refractivity contribution in [2.45, 2.75) is 45.4 Å². The summed E-state index contributed by atoms with van der Waals surface area (Å²) >= 11 is 0. The highest BCUT2D eigenvalue weighted by molar-refractivity contribution is 5.25. The Balaban J connectivity index is 2.09. The smallest absolute Gasteiger partial charge is 0.0724 e. The van der Waals surface area contributed by atoms with Crippen LogP contribution < -0.4 is 5.32 Å². The molecule has 0 aliphatic carbocycles. The van der Waals surface area contributed by atoms with Gasteiger partial charge in [-0.2, -0.15) is 0 Å². The molecule has 3 nitrogen and oxygen atoms in total. The SMILES string of the molecule is CNC(c1ccc(C)cc1)C(C)N1CCC(C)C(OC)C1. The maximum absolute atomic E-state index is 5.66. The van der Waals surface area contributed by atoms with Crippen molar-refractivity contribution in [1.29, 1.82) is 0 Å². The van der Waals surface area contributed by atoms with E-state index in [1.54, 1.807) is 0 Å². The van der Waals surface area contributed by atoms with Crippen molar-refractivity contribution >= 4 is 0 Å². The number of nitrogens with one attached hydrogen (secondary N) is 1. The molecule has 0 radical (unpaired) electrons. The second-order valence-corrected chi connectivity index (χ2v) is 6.45. The zero-order valence-corrected chi connectivity index (χ0v) is 14.1. The molecule has 4 atom stereocenters. The van der Waals surface area contributed by atoms with E-state index in [1.807, 2.05) is 7.11 Å². The van der Waals surface area contributed by atoms with Crippen molar-refractivity contribution in [2.24, 2.45) is 5.92 Å². The number of likely N-dealkylation sites (tertiary alicyclic amines) is 1. The normalized spacial score (nSPS) is 26.5. The maximum Gasteiger partial charge on any atom is 0.0724 e. The summed E-state index contributed by atoms with van der Waals surface area (Å²) in [4.78, 5) is 2.56. The lowest BCUT2D eigenvalue weighted by Crippen LogP contribution is -2.51. The van der Waals surface area contributed by atoms with Gasteiger partial charge >= 0.3 is 0 Å². The minimum Gasteiger partial charge on any atom is -0.380 e. The Bertz CT molecular complexity index is 431. The highest BCUT2D eigenvalue weighted by Crippen LogP contribution is 2.27. The standard InChI is InChI=1S/C18H30N2O/c1-13-6-8-16(9-7-13)18(19-4)15(3)20-11-10-14(2)17(12-20)21-5/h6-9,14-15,17-19H,10-12H2,1-5H3. The number of likely N-dealkylation sites (N-methyl/N-ethyl adjacent to an activating group) is 1. The number of hydrogen-bond acceptors (Lipinski definition) is 3. The summed E-state index contributed by atoms with van der Waals surface area (Å²) in [6.07, 6.45) is 1.57. The second-order valence-electron chi connectivity index (χ2n) is 6.45. The van der Waals surface area contributed by atoms with Crippen LogP contribution in [0.15, 0.2) is 24.3 Å². The molecule has 1 aliphatic heterocycles. The van der Waals surface area contributed by atoms with Crippen LogP contribution in [0.25, 0.3) is 0 Å². The van der Waals surface area contributed by atoms with E-state index in [1.165, 1.54) is 17.5 Å². The predicted molar refractivity (Wildman–Crippen MR) is 88.6 cm³/mol. The van der Waals surface area contributed by atoms with E-state index in [0.29, 0.717) is 24.1 Å². The highest BCUT2D eigenvalue weighted by Gasteiger charge is 2.31. The third-order valence-electron chi connectivity index (χ3n) is 5.03. The quantitative estimate of drug-likeness (QED) is 0.902. The lowest BCUT2D eigenvalue weighted by atomic mass is 9.92. The van der Waals surface area contributed by atoms with E-state index in [-0.39, 0.29) is 0 Å². The van der Waals surface area contributed by atoms with Gasteiger partial charge in [-0.05, 0) is 45.3 Å². The zero-order chi connectivity index (χ0) is 15.4. The first-order chi connectivity index (χ1) is 10.1. The highest BCUT2D eigenvalue weighted by atomic mass is 16.5. The van der Waals surface area contributed by atoms with Crippen LogP contribution in [0, 0.1) is 12.8 Å². The fourth-order valence-electron chi connectivity index (χ4n) is 3.41. The largest absolute Gasteiger partial charge is 0.380 e. The maximum atomic E-state index is 5.66. The van der Waals surface area contributed by atoms with Crippen molar-refractivity contribution in [2.75, 3.05) is 27.2 Å². The van der Waals surface area contributed by atoms with Crippen molar-refractivity contribution in [1.82, 2.24) is 10.2 Å². The van der Waals surface area contributed by atoms with Gasteiger partial charge in [-0.15, -0.1) is 0 Å². The molecule has 1 aliphatic rings. The van der Waals surface area contributed by atoms with E-state index in [0.717, 1.165) is 13.1 Å². The van der Waals surface area contributed by atoms with Crippen molar-refractivity contribution < 1.29 is 4.74 Å². The van der Waals surface area contributed by atoms with Crippen LogP contribution in [0.1, 0.15) is 37.4 Å². The molecule has 0 amide bonds. The lowest BCUT2D eigenvalue weighted by molar-refractivity contribution is -0.0215. The van der Waals surface area contributed by atoms with Gasteiger partial charge in [0, 0.05) is 25.7 Å². The monoisotopic (exact) mass is 290 g/mol. The van der Waals surface area contributed by atoms with Gasteiger partial charge in [-0.1, -0.05) is 36.8 Å². The van der Waals surface area contributed by atoms with Gasteiger partial charge in [0.25, 0.3) is 0 Å². The summed E-state index contributed by atoms with van der Waals surface area (Å²) in [6.45, 7) is 8.95. The Morgan fingerprint density at radius 3 is 2.52 bits per heavy atom. The Kier molecular flexibility index (Phi) is 5.80. The minimum absolute atomic E-state index is 0.358. The van der Waals surface area contributed by atoms with Crippen LogP contribution in [-0.4, -0.2) is 44.3 Å². The van der Waals surface area contributed by atoms with Crippen molar-refractivity contribution in [3.05, 3.63) is 35.4 Å². The predicted octanol–water partition coefficient (Wildman–Crippen LogP) is 3.00. The first-order valence-corrected chi connectivity index (χ1v) is 8.07. The summed E-state index contributed by atoms with van der Waals surface area (Å²) in [5, 5.41) is 3.50. The molecule has 0 spiro atoms. The van der Waals surface area contributed by atoms with E-state index in [2.05, 4.69) is 62.3 Å². The molecular weight excluding hydrogens is 260 g/mol. The number of piperidine rings is 1. The molecule has 1 aromatic rings. The Morgan fingerprint density at radius 1 is 1.29 bits per heavy atom. The van der Waals surface area contributed by atoms with Gasteiger partial charge in [0.15, 0.2) is 0 Å². The van der Waals surface area contributed by atoms with Gasteiger partial charge in [-0.3, -0.25) is 4.90 Å². The molecule has 0 saturated carbocycles. The molecule has 1 saturated heterocycles. The molecule has 4 unspecified atom stereocenters. The van der Waals surface area contributed by atoms with E-state index in [9.17, 15) is 0 Å². The van der Waals surface area contributed by atoms with Crippen LogP contribution in [0.3, 0.4) is 0 Å². The first kappa shape index (κ1) is 16.5. The van der Waals surface area contributed by atoms with Gasteiger partial charge in [-0.25, -0.2) is 0 Å². The molecule has 118 valence electrons. The fourth-order valence-corrected chi connectivity index (χ4v) is 3.41. The molecule has 0 bridgehead atoms. The van der Waals surface area contributed by atoms with Crippen LogP contribution in [-0.2, 0) is 4.74 Å². The summed E-state index contributed by atoms with van der Waals surface area (Å²) < 4.78 is 5.66. The molecule has 21 heavy (non-hydrogen) atoms. The summed E-state index contributed by atoms with van der Waals surface area (Å²) in [6, 6.07) is 9.70. The molecular formula is C18H30N2O. The number of benzene rings is 1. The molecule has 2 rings (SSSR count). The molecule has 3 heteroatoms. The minimum atomic E-state index is 0.358. The number of hydrogen-bond donors (Lipinski definition) is 1. The average molecular weight is 290 g/mol.